The lowest BCUT2D eigenvalue weighted by Crippen LogP contribution is -2.34. The van der Waals surface area contributed by atoms with Crippen LogP contribution in [0.5, 0.6) is 0 Å². The summed E-state index contributed by atoms with van der Waals surface area (Å²) in [6, 6.07) is 8.05. The van der Waals surface area contributed by atoms with E-state index in [1.807, 2.05) is 0 Å². The molecule has 5 rings (SSSR count). The molecule has 5 aromatic rings. The summed E-state index contributed by atoms with van der Waals surface area (Å²) in [4.78, 5) is 12.1. The van der Waals surface area contributed by atoms with Crippen molar-refractivity contribution in [3.63, 3.8) is 0 Å². The second-order valence-corrected chi connectivity index (χ2v) is 14.8. The number of sulfonamides is 1. The molecule has 0 saturated carbocycles. The number of primary sulfonamides is 1. The average Bonchev–Trinajstić information content (AvgIpc) is 3.83. The van der Waals surface area contributed by atoms with Gasteiger partial charge in [-0.15, -0.1) is 0 Å². The molecule has 0 aliphatic carbocycles. The Labute approximate surface area is 308 Å². The lowest BCUT2D eigenvalue weighted by molar-refractivity contribution is 0.307. The molecule has 0 radical (unpaired) electrons. The van der Waals surface area contributed by atoms with Crippen molar-refractivity contribution < 1.29 is 44.5 Å². The highest BCUT2D eigenvalue weighted by Crippen LogP contribution is 2.27. The maximum Gasteiger partial charge on any atom is 0.446 e. The molecule has 9 N–H and O–H groups in total. The van der Waals surface area contributed by atoms with E-state index in [-0.39, 0.29) is 81.0 Å². The summed E-state index contributed by atoms with van der Waals surface area (Å²) < 4.78 is 87.7. The minimum atomic E-state index is -3.79. The number of benzene rings is 2. The molecule has 0 unspecified atom stereocenters. The lowest BCUT2D eigenvalue weighted by Gasteiger charge is -2.10. The molecule has 0 amide bonds. The van der Waals surface area contributed by atoms with Crippen LogP contribution in [0.3, 0.4) is 0 Å². The van der Waals surface area contributed by atoms with E-state index in [0.29, 0.717) is 5.69 Å². The van der Waals surface area contributed by atoms with Crippen LogP contribution in [0, 0.1) is 11.6 Å². The van der Waals surface area contributed by atoms with E-state index >= 15 is 0 Å². The van der Waals surface area contributed by atoms with Gasteiger partial charge < -0.3 is 21.1 Å². The number of rotatable bonds is 15. The van der Waals surface area contributed by atoms with E-state index in [2.05, 4.69) is 92.1 Å². The number of nitrogens with zero attached hydrogens (tertiary/aromatic N) is 6. The quantitative estimate of drug-likeness (QED) is 0.0584. The predicted octanol–water partition coefficient (Wildman–Crippen LogP) is 2.01. The van der Waals surface area contributed by atoms with Crippen LogP contribution in [0.15, 0.2) is 70.2 Å². The molecule has 0 saturated heterocycles. The van der Waals surface area contributed by atoms with Crippen LogP contribution in [-0.4, -0.2) is 77.7 Å². The maximum atomic E-state index is 13.5. The van der Waals surface area contributed by atoms with Gasteiger partial charge >= 0.3 is 5.76 Å². The van der Waals surface area contributed by atoms with Crippen LogP contribution in [0.4, 0.5) is 26.1 Å². The second-order valence-electron chi connectivity index (χ2n) is 9.94. The first-order chi connectivity index (χ1) is 24.6. The fraction of sp³-hybridized carbons (Fsp3) is 0.200. The minimum Gasteiger partial charge on any atom is -0.513 e. The number of hydrogen-bond acceptors (Lipinski definition) is 17. The third kappa shape index (κ3) is 11.4. The van der Waals surface area contributed by atoms with Crippen molar-refractivity contribution >= 4 is 75.1 Å². The van der Waals surface area contributed by atoms with Crippen LogP contribution in [0.2, 0.25) is 0 Å². The van der Waals surface area contributed by atoms with Gasteiger partial charge in [0.2, 0.25) is 27.5 Å². The number of aliphatic hydroxyl groups excluding tert-OH is 1. The van der Waals surface area contributed by atoms with Crippen molar-refractivity contribution in [1.29, 1.82) is 0 Å². The summed E-state index contributed by atoms with van der Waals surface area (Å²) >= 11 is 6.10. The second kappa shape index (κ2) is 17.6. The predicted molar refractivity (Wildman–Crippen MR) is 186 cm³/mol. The van der Waals surface area contributed by atoms with Crippen LogP contribution in [0.25, 0.3) is 22.9 Å². The number of nitrogens with one attached hydrogen (secondary N) is 4. The number of aromatic nitrogens is 6. The van der Waals surface area contributed by atoms with Gasteiger partial charge in [-0.1, -0.05) is 5.16 Å². The molecular formula is C25H26Br2F2N12O9S2. The Hall–Kier alpha value is -4.80. The number of aliphatic hydroxyl groups is 1. The molecule has 0 spiro atoms. The molecule has 280 valence electrons. The largest absolute Gasteiger partial charge is 0.513 e. The summed E-state index contributed by atoms with van der Waals surface area (Å²) in [5.74, 6) is -1.75. The highest BCUT2D eigenvalue weighted by molar-refractivity contribution is 9.10. The van der Waals surface area contributed by atoms with Crippen molar-refractivity contribution in [3.8, 4) is 17.2 Å². The molecule has 21 nitrogen and oxygen atoms in total. The summed E-state index contributed by atoms with van der Waals surface area (Å²) in [7, 11) is -7.37. The Morgan fingerprint density at radius 1 is 0.885 bits per heavy atom. The average molecular weight is 900 g/mol. The van der Waals surface area contributed by atoms with Gasteiger partial charge in [-0.05, 0) is 95.3 Å². The van der Waals surface area contributed by atoms with E-state index < -0.39 is 37.6 Å². The van der Waals surface area contributed by atoms with E-state index in [0.717, 1.165) is 16.9 Å². The highest BCUT2D eigenvalue weighted by atomic mass is 79.9. The van der Waals surface area contributed by atoms with E-state index in [1.54, 1.807) is 0 Å². The van der Waals surface area contributed by atoms with Crippen molar-refractivity contribution in [2.24, 2.45) is 10.3 Å². The van der Waals surface area contributed by atoms with E-state index in [4.69, 9.17) is 10.3 Å². The Bertz CT molecular complexity index is 2320. The van der Waals surface area contributed by atoms with E-state index in [1.165, 1.54) is 30.3 Å². The summed E-state index contributed by atoms with van der Waals surface area (Å²) in [5, 5.41) is 45.9. The molecule has 3 aromatic heterocycles. The Morgan fingerprint density at radius 2 is 1.54 bits per heavy atom. The standard InChI is InChI=1S/C13H12BrFN6O5S.C12H14BrFN6O4S/c14-8-6-7(2-3-9(8)15)21-12(20-25-13(21)22)10-11(19-26-18-10)17-4-1-5-27(16,23)24;13-8-5-7(1-2-9(8)14)18-10(6-21)11-12(20-24-19-11)16-3-4-17-25(15,22)23/h2-3,6H,1,4-5H2,(H,17,19)(H2,16,23,24);1-2,5-6,17-18,21H,3-4H2,(H,16,20)(H2,15,22,23)/b;10-6-. The molecule has 0 atom stereocenters. The van der Waals surface area contributed by atoms with Crippen molar-refractivity contribution in [3.05, 3.63) is 79.5 Å². The minimum absolute atomic E-state index is 0.00163. The first-order valence-corrected chi connectivity index (χ1v) is 18.9. The molecule has 2 aromatic carbocycles. The van der Waals surface area contributed by atoms with Crippen molar-refractivity contribution in [2.75, 3.05) is 41.3 Å². The highest BCUT2D eigenvalue weighted by Gasteiger charge is 2.23. The molecule has 27 heteroatoms. The van der Waals surface area contributed by atoms with Crippen LogP contribution < -0.4 is 36.7 Å². The van der Waals surface area contributed by atoms with Gasteiger partial charge in [0.1, 0.15) is 23.6 Å². The van der Waals surface area contributed by atoms with Crippen LogP contribution in [-0.2, 0) is 20.2 Å². The zero-order chi connectivity index (χ0) is 38.1. The molecular weight excluding hydrogens is 874 g/mol. The van der Waals surface area contributed by atoms with Gasteiger partial charge in [0.15, 0.2) is 11.4 Å². The fourth-order valence-electron chi connectivity index (χ4n) is 3.92. The van der Waals surface area contributed by atoms with Gasteiger partial charge in [-0.3, -0.25) is 4.52 Å². The molecule has 0 aliphatic heterocycles. The first-order valence-electron chi connectivity index (χ1n) is 14.1. The Balaban J connectivity index is 0.000000234. The Morgan fingerprint density at radius 3 is 2.19 bits per heavy atom. The zero-order valence-electron chi connectivity index (χ0n) is 26.0. The fourth-order valence-corrected chi connectivity index (χ4v) is 5.60. The molecule has 3 heterocycles. The van der Waals surface area contributed by atoms with Gasteiger partial charge in [0, 0.05) is 25.3 Å². The smallest absolute Gasteiger partial charge is 0.446 e. The third-order valence-electron chi connectivity index (χ3n) is 6.16. The number of anilines is 3. The molecule has 0 bridgehead atoms. The molecule has 52 heavy (non-hydrogen) atoms. The third-order valence-corrected chi connectivity index (χ3v) is 8.84. The number of hydrogen-bond donors (Lipinski definition) is 7. The van der Waals surface area contributed by atoms with Crippen LogP contribution in [0.1, 0.15) is 12.1 Å². The van der Waals surface area contributed by atoms with Crippen molar-refractivity contribution in [1.82, 2.24) is 35.1 Å². The van der Waals surface area contributed by atoms with Crippen molar-refractivity contribution in [2.45, 2.75) is 6.42 Å². The van der Waals surface area contributed by atoms with Gasteiger partial charge in [-0.2, -0.15) is 8.42 Å². The zero-order valence-corrected chi connectivity index (χ0v) is 30.8. The van der Waals surface area contributed by atoms with Gasteiger partial charge in [0.25, 0.3) is 10.2 Å². The summed E-state index contributed by atoms with van der Waals surface area (Å²) in [5.41, 5.74) is 1.06. The monoisotopic (exact) mass is 898 g/mol. The SMILES string of the molecule is NS(=O)(=O)CCCNc1nonc1-c1noc(=O)n1-c1ccc(F)c(Br)c1.NS(=O)(=O)NCCNc1nonc1/C(=C/O)Nc1ccc(F)c(Br)c1. The van der Waals surface area contributed by atoms with Gasteiger partial charge in [-0.25, -0.2) is 50.8 Å². The Kier molecular flexibility index (Phi) is 13.5. The summed E-state index contributed by atoms with van der Waals surface area (Å²) in [6.07, 6.45) is 0.951. The maximum absolute atomic E-state index is 13.5. The molecule has 0 aliphatic rings. The topological polar surface area (TPSA) is 315 Å². The number of nitrogens with two attached hydrogens (primary N) is 2. The van der Waals surface area contributed by atoms with Gasteiger partial charge in [0.05, 0.1) is 20.4 Å². The normalized spacial score (nSPS) is 11.9. The van der Waals surface area contributed by atoms with Crippen LogP contribution >= 0.6 is 31.9 Å². The molecule has 0 fully saturated rings. The van der Waals surface area contributed by atoms with E-state index in [9.17, 15) is 35.5 Å². The summed E-state index contributed by atoms with van der Waals surface area (Å²) in [6.45, 7) is 0.335. The number of halogens is 4. The lowest BCUT2D eigenvalue weighted by atomic mass is 10.2. The first kappa shape index (κ1) is 40.0.